The van der Waals surface area contributed by atoms with E-state index in [1.165, 1.54) is 30.6 Å². The first-order valence-corrected chi connectivity index (χ1v) is 9.18. The second-order valence-corrected chi connectivity index (χ2v) is 7.20. The molecule has 23 heavy (non-hydrogen) atoms. The van der Waals surface area contributed by atoms with Gasteiger partial charge in [-0.15, -0.1) is 11.3 Å². The van der Waals surface area contributed by atoms with E-state index >= 15 is 0 Å². The molecule has 0 radical (unpaired) electrons. The lowest BCUT2D eigenvalue weighted by molar-refractivity contribution is -0.116. The number of rotatable bonds is 7. The minimum absolute atomic E-state index is 0.0635. The molecular weight excluding hydrogens is 312 g/mol. The molecule has 1 aromatic rings. The Hall–Kier alpha value is -1.47. The van der Waals surface area contributed by atoms with Crippen LogP contribution in [-0.2, 0) is 4.79 Å². The van der Waals surface area contributed by atoms with E-state index < -0.39 is 0 Å². The summed E-state index contributed by atoms with van der Waals surface area (Å²) in [6, 6.07) is 0. The zero-order valence-corrected chi connectivity index (χ0v) is 14.7. The van der Waals surface area contributed by atoms with Gasteiger partial charge >= 0.3 is 0 Å². The van der Waals surface area contributed by atoms with Gasteiger partial charge in [-0.05, 0) is 31.8 Å². The number of aromatic nitrogens is 1. The molecule has 0 bridgehead atoms. The molecule has 128 valence electrons. The van der Waals surface area contributed by atoms with Crippen molar-refractivity contribution in [3.8, 4) is 0 Å². The highest BCUT2D eigenvalue weighted by Gasteiger charge is 2.14. The van der Waals surface area contributed by atoms with Crippen molar-refractivity contribution in [2.75, 3.05) is 31.5 Å². The molecule has 6 nitrogen and oxygen atoms in total. The molecule has 0 saturated carbocycles. The average molecular weight is 338 g/mol. The molecule has 0 aliphatic carbocycles. The zero-order chi connectivity index (χ0) is 16.7. The van der Waals surface area contributed by atoms with E-state index in [9.17, 15) is 9.59 Å². The molecule has 0 unspecified atom stereocenters. The second kappa shape index (κ2) is 8.98. The number of anilines is 1. The molecule has 2 N–H and O–H groups in total. The summed E-state index contributed by atoms with van der Waals surface area (Å²) >= 11 is 1.28. The Morgan fingerprint density at radius 1 is 1.30 bits per heavy atom. The Labute approximate surface area is 141 Å². The number of hydrogen-bond acceptors (Lipinski definition) is 5. The van der Waals surface area contributed by atoms with Crippen molar-refractivity contribution in [3.05, 3.63) is 11.1 Å². The number of nitrogens with one attached hydrogen (secondary N) is 2. The number of amides is 2. The maximum Gasteiger partial charge on any atom is 0.270 e. The SMILES string of the molecule is CC(C)CC(=O)Nc1nc(C(=O)NCCN2CCCCC2)cs1. The number of hydrogen-bond donors (Lipinski definition) is 2. The highest BCUT2D eigenvalue weighted by atomic mass is 32.1. The van der Waals surface area contributed by atoms with Crippen LogP contribution in [0.5, 0.6) is 0 Å². The smallest absolute Gasteiger partial charge is 0.270 e. The summed E-state index contributed by atoms with van der Waals surface area (Å²) in [5, 5.41) is 7.80. The highest BCUT2D eigenvalue weighted by molar-refractivity contribution is 7.14. The third-order valence-corrected chi connectivity index (χ3v) is 4.50. The lowest BCUT2D eigenvalue weighted by Crippen LogP contribution is -2.37. The van der Waals surface area contributed by atoms with Crippen LogP contribution >= 0.6 is 11.3 Å². The predicted octanol–water partition coefficient (Wildman–Crippen LogP) is 2.34. The van der Waals surface area contributed by atoms with E-state index in [4.69, 9.17) is 0 Å². The Balaban J connectivity index is 1.73. The van der Waals surface area contributed by atoms with Gasteiger partial charge in [0.05, 0.1) is 0 Å². The van der Waals surface area contributed by atoms with E-state index in [0.717, 1.165) is 19.6 Å². The van der Waals surface area contributed by atoms with Crippen LogP contribution in [0.1, 0.15) is 50.0 Å². The normalized spacial score (nSPS) is 15.6. The maximum atomic E-state index is 12.1. The van der Waals surface area contributed by atoms with Crippen molar-refractivity contribution < 1.29 is 9.59 Å². The van der Waals surface area contributed by atoms with E-state index in [-0.39, 0.29) is 11.8 Å². The molecule has 1 aliphatic heterocycles. The molecule has 0 aromatic carbocycles. The van der Waals surface area contributed by atoms with Gasteiger partial charge in [-0.1, -0.05) is 20.3 Å². The minimum atomic E-state index is -0.178. The van der Waals surface area contributed by atoms with Crippen LogP contribution in [0, 0.1) is 5.92 Å². The van der Waals surface area contributed by atoms with Crippen molar-refractivity contribution in [1.29, 1.82) is 0 Å². The van der Waals surface area contributed by atoms with E-state index in [0.29, 0.717) is 29.7 Å². The van der Waals surface area contributed by atoms with Gasteiger partial charge in [0.1, 0.15) is 5.69 Å². The molecule has 7 heteroatoms. The number of thiazole rings is 1. The van der Waals surface area contributed by atoms with Crippen LogP contribution in [0.2, 0.25) is 0 Å². The summed E-state index contributed by atoms with van der Waals surface area (Å²) < 4.78 is 0. The summed E-state index contributed by atoms with van der Waals surface area (Å²) in [5.74, 6) is 0.0570. The Kier molecular flexibility index (Phi) is 6.98. The third kappa shape index (κ3) is 6.27. The fourth-order valence-corrected chi connectivity index (χ4v) is 3.28. The molecule has 2 heterocycles. The molecule has 1 saturated heterocycles. The first kappa shape index (κ1) is 17.9. The molecule has 2 rings (SSSR count). The fraction of sp³-hybridized carbons (Fsp3) is 0.688. The van der Waals surface area contributed by atoms with Gasteiger partial charge in [0, 0.05) is 24.9 Å². The standard InChI is InChI=1S/C16H26N4O2S/c1-12(2)10-14(21)19-16-18-13(11-23-16)15(22)17-6-9-20-7-4-3-5-8-20/h11-12H,3-10H2,1-2H3,(H,17,22)(H,18,19,21). The third-order valence-electron chi connectivity index (χ3n) is 3.74. The number of carbonyl (C=O) groups is 2. The number of likely N-dealkylation sites (tertiary alicyclic amines) is 1. The van der Waals surface area contributed by atoms with E-state index in [2.05, 4.69) is 20.5 Å². The molecule has 1 aliphatic rings. The summed E-state index contributed by atoms with van der Waals surface area (Å²) in [6.07, 6.45) is 4.27. The van der Waals surface area contributed by atoms with Gasteiger partial charge < -0.3 is 15.5 Å². The summed E-state index contributed by atoms with van der Waals surface area (Å²) in [4.78, 5) is 30.3. The second-order valence-electron chi connectivity index (χ2n) is 6.34. The maximum absolute atomic E-state index is 12.1. The molecule has 0 spiro atoms. The van der Waals surface area contributed by atoms with Gasteiger partial charge in [0.25, 0.3) is 5.91 Å². The van der Waals surface area contributed by atoms with Gasteiger partial charge in [-0.25, -0.2) is 4.98 Å². The summed E-state index contributed by atoms with van der Waals surface area (Å²) in [6.45, 7) is 7.74. The Morgan fingerprint density at radius 2 is 2.04 bits per heavy atom. The van der Waals surface area contributed by atoms with Crippen molar-refractivity contribution in [1.82, 2.24) is 15.2 Å². The van der Waals surface area contributed by atoms with Crippen molar-refractivity contribution in [2.24, 2.45) is 5.92 Å². The average Bonchev–Trinajstić information content (AvgIpc) is 2.96. The number of nitrogens with zero attached hydrogens (tertiary/aromatic N) is 2. The van der Waals surface area contributed by atoms with Gasteiger partial charge in [0.15, 0.2) is 5.13 Å². The lowest BCUT2D eigenvalue weighted by Gasteiger charge is -2.26. The van der Waals surface area contributed by atoms with Gasteiger partial charge in [-0.3, -0.25) is 9.59 Å². The Morgan fingerprint density at radius 3 is 2.74 bits per heavy atom. The topological polar surface area (TPSA) is 74.3 Å². The largest absolute Gasteiger partial charge is 0.349 e. The van der Waals surface area contributed by atoms with Gasteiger partial charge in [0.2, 0.25) is 5.91 Å². The van der Waals surface area contributed by atoms with Crippen LogP contribution in [-0.4, -0.2) is 47.9 Å². The van der Waals surface area contributed by atoms with Crippen LogP contribution in [0.15, 0.2) is 5.38 Å². The van der Waals surface area contributed by atoms with Crippen molar-refractivity contribution >= 4 is 28.3 Å². The minimum Gasteiger partial charge on any atom is -0.349 e. The Bertz CT molecular complexity index is 524. The predicted molar refractivity (Wildman–Crippen MR) is 92.8 cm³/mol. The molecule has 2 amide bonds. The quantitative estimate of drug-likeness (QED) is 0.800. The van der Waals surface area contributed by atoms with Crippen molar-refractivity contribution in [2.45, 2.75) is 39.5 Å². The van der Waals surface area contributed by atoms with Crippen LogP contribution in [0.25, 0.3) is 0 Å². The fourth-order valence-electron chi connectivity index (χ4n) is 2.58. The zero-order valence-electron chi connectivity index (χ0n) is 13.9. The first-order chi connectivity index (χ1) is 11.0. The van der Waals surface area contributed by atoms with Crippen LogP contribution < -0.4 is 10.6 Å². The summed E-state index contributed by atoms with van der Waals surface area (Å²) in [7, 11) is 0. The van der Waals surface area contributed by atoms with Gasteiger partial charge in [-0.2, -0.15) is 0 Å². The molecule has 1 aromatic heterocycles. The lowest BCUT2D eigenvalue weighted by atomic mass is 10.1. The number of carbonyl (C=O) groups excluding carboxylic acids is 2. The molecular formula is C16H26N4O2S. The molecule has 1 fully saturated rings. The van der Waals surface area contributed by atoms with Crippen molar-refractivity contribution in [3.63, 3.8) is 0 Å². The molecule has 0 atom stereocenters. The number of piperidine rings is 1. The van der Waals surface area contributed by atoms with Crippen LogP contribution in [0.4, 0.5) is 5.13 Å². The van der Waals surface area contributed by atoms with E-state index in [1.807, 2.05) is 13.8 Å². The summed E-state index contributed by atoms with van der Waals surface area (Å²) in [5.41, 5.74) is 0.369. The monoisotopic (exact) mass is 338 g/mol. The van der Waals surface area contributed by atoms with E-state index in [1.54, 1.807) is 5.38 Å². The van der Waals surface area contributed by atoms with Crippen LogP contribution in [0.3, 0.4) is 0 Å². The first-order valence-electron chi connectivity index (χ1n) is 8.30. The highest BCUT2D eigenvalue weighted by Crippen LogP contribution is 2.16.